The minimum absolute atomic E-state index is 0.143. The highest BCUT2D eigenvalue weighted by atomic mass is 16.5. The van der Waals surface area contributed by atoms with Gasteiger partial charge in [-0.3, -0.25) is 0 Å². The van der Waals surface area contributed by atoms with Crippen LogP contribution in [0.5, 0.6) is 0 Å². The number of furan rings is 1. The molecule has 1 heterocycles. The van der Waals surface area contributed by atoms with Crippen molar-refractivity contribution >= 4 is 12.0 Å². The lowest BCUT2D eigenvalue weighted by molar-refractivity contribution is 0.0660. The second-order valence-electron chi connectivity index (χ2n) is 4.15. The van der Waals surface area contributed by atoms with Crippen LogP contribution in [0.1, 0.15) is 36.1 Å². The highest BCUT2D eigenvalue weighted by molar-refractivity contribution is 5.84. The van der Waals surface area contributed by atoms with Crippen LogP contribution in [0, 0.1) is 0 Å². The predicted octanol–water partition coefficient (Wildman–Crippen LogP) is 1.59. The van der Waals surface area contributed by atoms with E-state index < -0.39 is 5.97 Å². The number of carbonyl (C=O) groups excluding carboxylic acids is 1. The van der Waals surface area contributed by atoms with Crippen molar-refractivity contribution in [2.45, 2.75) is 26.3 Å². The van der Waals surface area contributed by atoms with Gasteiger partial charge in [0.15, 0.2) is 0 Å². The lowest BCUT2D eigenvalue weighted by Gasteiger charge is -2.06. The van der Waals surface area contributed by atoms with E-state index in [-0.39, 0.29) is 18.3 Å². The molecule has 0 aromatic carbocycles. The maximum absolute atomic E-state index is 11.4. The third-order valence-electron chi connectivity index (χ3n) is 2.40. The second-order valence-corrected chi connectivity index (χ2v) is 4.15. The number of hydrogen-bond acceptors (Lipinski definition) is 4. The van der Waals surface area contributed by atoms with Crippen LogP contribution in [0.25, 0.3) is 0 Å². The summed E-state index contributed by atoms with van der Waals surface area (Å²) in [6.07, 6.45) is 1.73. The van der Waals surface area contributed by atoms with Gasteiger partial charge in [0.2, 0.25) is 5.76 Å². The molecule has 0 aliphatic heterocycles. The molecule has 0 atom stereocenters. The van der Waals surface area contributed by atoms with Gasteiger partial charge in [-0.05, 0) is 25.0 Å². The molecule has 0 unspecified atom stereocenters. The summed E-state index contributed by atoms with van der Waals surface area (Å²) in [4.78, 5) is 22.0. The van der Waals surface area contributed by atoms with Crippen LogP contribution in [0.4, 0.5) is 4.79 Å². The van der Waals surface area contributed by atoms with Crippen molar-refractivity contribution in [1.82, 2.24) is 10.6 Å². The summed E-state index contributed by atoms with van der Waals surface area (Å²) in [7, 11) is 0. The Bertz CT molecular complexity index is 430. The number of carboxylic acids is 1. The highest BCUT2D eigenvalue weighted by Crippen LogP contribution is 2.07. The molecule has 20 heavy (non-hydrogen) atoms. The van der Waals surface area contributed by atoms with Gasteiger partial charge in [-0.25, -0.2) is 9.59 Å². The average molecular weight is 284 g/mol. The van der Waals surface area contributed by atoms with Crippen molar-refractivity contribution in [3.8, 4) is 0 Å². The molecule has 3 N–H and O–H groups in total. The Labute approximate surface area is 117 Å². The minimum atomic E-state index is -1.13. The van der Waals surface area contributed by atoms with Gasteiger partial charge in [0.25, 0.3) is 0 Å². The molecule has 0 saturated heterocycles. The van der Waals surface area contributed by atoms with Gasteiger partial charge in [-0.2, -0.15) is 0 Å². The van der Waals surface area contributed by atoms with E-state index >= 15 is 0 Å². The van der Waals surface area contributed by atoms with Gasteiger partial charge >= 0.3 is 12.0 Å². The minimum Gasteiger partial charge on any atom is -0.475 e. The smallest absolute Gasteiger partial charge is 0.371 e. The summed E-state index contributed by atoms with van der Waals surface area (Å²) >= 11 is 0. The third-order valence-corrected chi connectivity index (χ3v) is 2.40. The molecule has 7 nitrogen and oxygen atoms in total. The van der Waals surface area contributed by atoms with Crippen molar-refractivity contribution in [3.63, 3.8) is 0 Å². The molecular formula is C13H20N2O5. The number of urea groups is 1. The zero-order valence-corrected chi connectivity index (χ0v) is 11.5. The third kappa shape index (κ3) is 6.24. The standard InChI is InChI=1S/C13H20N2O5/c1-2-7-19-8-3-6-14-13(18)15-9-10-4-5-11(20-10)12(16)17/h4-5H,2-3,6-9H2,1H3,(H,16,17)(H2,14,15,18). The van der Waals surface area contributed by atoms with E-state index in [1.807, 2.05) is 6.92 Å². The Morgan fingerprint density at radius 3 is 2.75 bits per heavy atom. The number of carboxylic acid groups (broad SMARTS) is 1. The van der Waals surface area contributed by atoms with Crippen molar-refractivity contribution in [1.29, 1.82) is 0 Å². The lowest BCUT2D eigenvalue weighted by atomic mass is 10.4. The van der Waals surface area contributed by atoms with Gasteiger partial charge in [-0.15, -0.1) is 0 Å². The summed E-state index contributed by atoms with van der Waals surface area (Å²) in [5, 5.41) is 13.9. The van der Waals surface area contributed by atoms with Crippen LogP contribution in [0.3, 0.4) is 0 Å². The zero-order chi connectivity index (χ0) is 14.8. The first-order valence-corrected chi connectivity index (χ1v) is 6.55. The van der Waals surface area contributed by atoms with E-state index in [1.54, 1.807) is 0 Å². The Balaban J connectivity index is 2.11. The van der Waals surface area contributed by atoms with Gasteiger partial charge in [0, 0.05) is 19.8 Å². The summed E-state index contributed by atoms with van der Waals surface area (Å²) in [5.74, 6) is -0.883. The van der Waals surface area contributed by atoms with E-state index in [2.05, 4.69) is 10.6 Å². The van der Waals surface area contributed by atoms with Gasteiger partial charge in [0.05, 0.1) is 6.54 Å². The van der Waals surface area contributed by atoms with E-state index in [1.165, 1.54) is 12.1 Å². The molecule has 112 valence electrons. The molecule has 1 aromatic rings. The maximum atomic E-state index is 11.4. The summed E-state index contributed by atoms with van der Waals surface area (Å²) in [5.41, 5.74) is 0. The van der Waals surface area contributed by atoms with E-state index in [4.69, 9.17) is 14.3 Å². The van der Waals surface area contributed by atoms with Crippen molar-refractivity contribution in [2.24, 2.45) is 0 Å². The Morgan fingerprint density at radius 2 is 2.10 bits per heavy atom. The number of amides is 2. The molecule has 0 aliphatic rings. The SMILES string of the molecule is CCCOCCCNC(=O)NCc1ccc(C(=O)O)o1. The Hall–Kier alpha value is -2.02. The molecule has 0 spiro atoms. The molecule has 2 amide bonds. The Morgan fingerprint density at radius 1 is 1.30 bits per heavy atom. The second kappa shape index (κ2) is 8.98. The molecule has 1 rings (SSSR count). The van der Waals surface area contributed by atoms with Gasteiger partial charge < -0.3 is 24.9 Å². The molecule has 0 bridgehead atoms. The van der Waals surface area contributed by atoms with Crippen LogP contribution < -0.4 is 10.6 Å². The zero-order valence-electron chi connectivity index (χ0n) is 11.5. The predicted molar refractivity (Wildman–Crippen MR) is 71.6 cm³/mol. The van der Waals surface area contributed by atoms with E-state index in [9.17, 15) is 9.59 Å². The van der Waals surface area contributed by atoms with E-state index in [0.29, 0.717) is 18.9 Å². The van der Waals surface area contributed by atoms with Crippen molar-refractivity contribution < 1.29 is 23.8 Å². The highest BCUT2D eigenvalue weighted by Gasteiger charge is 2.09. The maximum Gasteiger partial charge on any atom is 0.371 e. The molecule has 1 aromatic heterocycles. The van der Waals surface area contributed by atoms with Gasteiger partial charge in [-0.1, -0.05) is 6.92 Å². The van der Waals surface area contributed by atoms with E-state index in [0.717, 1.165) is 19.4 Å². The summed E-state index contributed by atoms with van der Waals surface area (Å²) < 4.78 is 10.3. The number of nitrogens with one attached hydrogen (secondary N) is 2. The summed E-state index contributed by atoms with van der Waals surface area (Å²) in [6.45, 7) is 4.06. The monoisotopic (exact) mass is 284 g/mol. The molecular weight excluding hydrogens is 264 g/mol. The van der Waals surface area contributed by atoms with Gasteiger partial charge in [0.1, 0.15) is 5.76 Å². The fourth-order valence-electron chi connectivity index (χ4n) is 1.44. The topological polar surface area (TPSA) is 101 Å². The molecule has 0 aliphatic carbocycles. The van der Waals surface area contributed by atoms with Crippen molar-refractivity contribution in [3.05, 3.63) is 23.7 Å². The fourth-order valence-corrected chi connectivity index (χ4v) is 1.44. The number of hydrogen-bond donors (Lipinski definition) is 3. The molecule has 7 heteroatoms. The van der Waals surface area contributed by atoms with Crippen LogP contribution in [0.15, 0.2) is 16.5 Å². The van der Waals surface area contributed by atoms with Crippen LogP contribution in [0.2, 0.25) is 0 Å². The van der Waals surface area contributed by atoms with Crippen molar-refractivity contribution in [2.75, 3.05) is 19.8 Å². The van der Waals surface area contributed by atoms with Crippen LogP contribution in [-0.2, 0) is 11.3 Å². The Kier molecular flexibility index (Phi) is 7.20. The quantitative estimate of drug-likeness (QED) is 0.598. The molecule has 0 radical (unpaired) electrons. The number of ether oxygens (including phenoxy) is 1. The first kappa shape index (κ1) is 16.0. The first-order valence-electron chi connectivity index (χ1n) is 6.55. The first-order chi connectivity index (χ1) is 9.63. The largest absolute Gasteiger partial charge is 0.475 e. The number of aromatic carboxylic acids is 1. The van der Waals surface area contributed by atoms with Crippen LogP contribution in [-0.4, -0.2) is 36.9 Å². The molecule has 0 saturated carbocycles. The normalized spacial score (nSPS) is 10.2. The molecule has 0 fully saturated rings. The average Bonchev–Trinajstić information content (AvgIpc) is 2.89. The lowest BCUT2D eigenvalue weighted by Crippen LogP contribution is -2.35. The van der Waals surface area contributed by atoms with Crippen LogP contribution >= 0.6 is 0 Å². The summed E-state index contributed by atoms with van der Waals surface area (Å²) in [6, 6.07) is 2.54. The number of rotatable bonds is 9. The fraction of sp³-hybridized carbons (Fsp3) is 0.538. The number of carbonyl (C=O) groups is 2.